The number of halogens is 2. The molecule has 0 spiro atoms. The van der Waals surface area contributed by atoms with Crippen molar-refractivity contribution in [3.05, 3.63) is 65.7 Å². The highest BCUT2D eigenvalue weighted by molar-refractivity contribution is 7.84. The van der Waals surface area contributed by atoms with Gasteiger partial charge in [-0.15, -0.1) is 0 Å². The molecule has 31 heavy (non-hydrogen) atoms. The van der Waals surface area contributed by atoms with Crippen molar-refractivity contribution in [1.82, 2.24) is 4.72 Å². The van der Waals surface area contributed by atoms with Crippen LogP contribution in [0.15, 0.2) is 54.6 Å². The summed E-state index contributed by atoms with van der Waals surface area (Å²) in [6, 6.07) is 15.4. The number of nitrogens with one attached hydrogen (secondary N) is 1. The first kappa shape index (κ1) is 24.9. The van der Waals surface area contributed by atoms with E-state index in [1.165, 1.54) is 19.1 Å². The molecular weight excluding hydrogens is 424 g/mol. The largest absolute Gasteiger partial charge is 0.489 e. The highest BCUT2D eigenvalue weighted by Gasteiger charge is 2.60. The molecule has 1 N–H and O–H groups in total. The number of ether oxygens (including phenoxy) is 2. The van der Waals surface area contributed by atoms with Gasteiger partial charge in [0.2, 0.25) is 0 Å². The van der Waals surface area contributed by atoms with E-state index in [4.69, 9.17) is 4.74 Å². The van der Waals surface area contributed by atoms with Crippen molar-refractivity contribution in [2.45, 2.75) is 57.4 Å². The lowest BCUT2D eigenvalue weighted by molar-refractivity contribution is -0.183. The summed E-state index contributed by atoms with van der Waals surface area (Å²) in [4.78, 5) is 12.2. The standard InChI is InChI=1S/C23H29F2NO4S/c1-6-29-20(27)23(24,25)22(5,26-31(28)21(2,3)4)18-13-10-14-19(15-18)30-16-17-11-8-7-9-12-17/h7-15,26H,6,16H2,1-5H3. The van der Waals surface area contributed by atoms with Gasteiger partial charge in [0.05, 0.1) is 22.3 Å². The lowest BCUT2D eigenvalue weighted by atomic mass is 9.86. The fraction of sp³-hybridized carbons (Fsp3) is 0.435. The molecule has 0 heterocycles. The Morgan fingerprint density at radius 2 is 1.68 bits per heavy atom. The molecule has 2 aromatic rings. The molecule has 2 rings (SSSR count). The Kier molecular flexibility index (Phi) is 7.94. The van der Waals surface area contributed by atoms with Crippen molar-refractivity contribution >= 4 is 17.0 Å². The van der Waals surface area contributed by atoms with E-state index < -0.39 is 33.2 Å². The number of alkyl halides is 2. The van der Waals surface area contributed by atoms with Gasteiger partial charge in [-0.3, -0.25) is 0 Å². The van der Waals surface area contributed by atoms with Gasteiger partial charge in [0.15, 0.2) is 0 Å². The Hall–Kier alpha value is -2.32. The second-order valence-corrected chi connectivity index (χ2v) is 10.2. The van der Waals surface area contributed by atoms with Crippen molar-refractivity contribution in [3.8, 4) is 5.75 Å². The van der Waals surface area contributed by atoms with Crippen LogP contribution in [0.3, 0.4) is 0 Å². The van der Waals surface area contributed by atoms with Crippen LogP contribution in [0.4, 0.5) is 8.78 Å². The smallest absolute Gasteiger partial charge is 0.379 e. The van der Waals surface area contributed by atoms with Gasteiger partial charge in [0, 0.05) is 0 Å². The van der Waals surface area contributed by atoms with Gasteiger partial charge in [0.1, 0.15) is 17.9 Å². The van der Waals surface area contributed by atoms with Gasteiger partial charge < -0.3 is 9.47 Å². The number of carbonyl (C=O) groups is 1. The maximum absolute atomic E-state index is 15.4. The Labute approximate surface area is 184 Å². The van der Waals surface area contributed by atoms with Crippen molar-refractivity contribution in [3.63, 3.8) is 0 Å². The molecule has 5 nitrogen and oxygen atoms in total. The van der Waals surface area contributed by atoms with Crippen LogP contribution in [0.1, 0.15) is 45.7 Å². The molecule has 0 saturated heterocycles. The fourth-order valence-corrected chi connectivity index (χ4v) is 3.63. The van der Waals surface area contributed by atoms with Crippen molar-refractivity contribution in [2.24, 2.45) is 0 Å². The first-order chi connectivity index (χ1) is 14.4. The van der Waals surface area contributed by atoms with E-state index in [1.54, 1.807) is 32.9 Å². The minimum atomic E-state index is -4.00. The maximum Gasteiger partial charge on any atom is 0.379 e. The van der Waals surface area contributed by atoms with Crippen molar-refractivity contribution in [1.29, 1.82) is 0 Å². The first-order valence-corrected chi connectivity index (χ1v) is 11.1. The second-order valence-electron chi connectivity index (χ2n) is 8.21. The number of benzene rings is 2. The number of esters is 1. The quantitative estimate of drug-likeness (QED) is 0.558. The molecule has 0 aliphatic heterocycles. The summed E-state index contributed by atoms with van der Waals surface area (Å²) in [5.41, 5.74) is -1.34. The third-order valence-corrected chi connectivity index (χ3v) is 6.38. The van der Waals surface area contributed by atoms with Crippen LogP contribution in [0, 0.1) is 0 Å². The Morgan fingerprint density at radius 1 is 1.03 bits per heavy atom. The van der Waals surface area contributed by atoms with Crippen LogP contribution < -0.4 is 9.46 Å². The summed E-state index contributed by atoms with van der Waals surface area (Å²) in [5, 5.41) is 0. The predicted octanol–water partition coefficient (Wildman–Crippen LogP) is 4.73. The van der Waals surface area contributed by atoms with E-state index in [0.29, 0.717) is 5.75 Å². The highest BCUT2D eigenvalue weighted by atomic mass is 32.2. The van der Waals surface area contributed by atoms with E-state index in [1.807, 2.05) is 30.3 Å². The van der Waals surface area contributed by atoms with Gasteiger partial charge in [-0.2, -0.15) is 8.78 Å². The zero-order valence-electron chi connectivity index (χ0n) is 18.4. The van der Waals surface area contributed by atoms with Crippen LogP contribution in [0.5, 0.6) is 5.75 Å². The Morgan fingerprint density at radius 3 is 2.26 bits per heavy atom. The van der Waals surface area contributed by atoms with Crippen molar-refractivity contribution in [2.75, 3.05) is 6.61 Å². The third kappa shape index (κ3) is 5.89. The minimum absolute atomic E-state index is 0.0497. The van der Waals surface area contributed by atoms with Crippen LogP contribution in [-0.4, -0.2) is 27.5 Å². The predicted molar refractivity (Wildman–Crippen MR) is 117 cm³/mol. The summed E-state index contributed by atoms with van der Waals surface area (Å²) < 4.78 is 55.5. The molecule has 0 aromatic heterocycles. The maximum atomic E-state index is 15.4. The molecular formula is C23H29F2NO4S. The Bertz CT molecular complexity index is 915. The van der Waals surface area contributed by atoms with E-state index in [2.05, 4.69) is 9.46 Å². The number of hydrogen-bond donors (Lipinski definition) is 1. The molecule has 0 bridgehead atoms. The monoisotopic (exact) mass is 453 g/mol. The SMILES string of the molecule is CCOC(=O)C(F)(F)C(C)(NS(=O)C(C)(C)C)c1cccc(OCc2ccccc2)c1. The van der Waals surface area contributed by atoms with Crippen molar-refractivity contribution < 1.29 is 27.3 Å². The van der Waals surface area contributed by atoms with Gasteiger partial charge in [0.25, 0.3) is 0 Å². The molecule has 0 amide bonds. The summed E-state index contributed by atoms with van der Waals surface area (Å²) >= 11 is 0. The molecule has 0 aliphatic rings. The van der Waals surface area contributed by atoms with E-state index >= 15 is 8.78 Å². The van der Waals surface area contributed by atoms with Gasteiger partial charge in [-0.1, -0.05) is 42.5 Å². The number of hydrogen-bond acceptors (Lipinski definition) is 4. The summed E-state index contributed by atoms with van der Waals surface area (Å²) in [6.07, 6.45) is 0. The lowest BCUT2D eigenvalue weighted by Gasteiger charge is -2.38. The van der Waals surface area contributed by atoms with Crippen LogP contribution >= 0.6 is 0 Å². The molecule has 2 atom stereocenters. The zero-order valence-corrected chi connectivity index (χ0v) is 19.2. The zero-order chi connectivity index (χ0) is 23.3. The van der Waals surface area contributed by atoms with E-state index in [9.17, 15) is 9.00 Å². The van der Waals surface area contributed by atoms with Gasteiger partial charge in [-0.05, 0) is 57.9 Å². The fourth-order valence-electron chi connectivity index (χ4n) is 2.71. The molecule has 2 unspecified atom stereocenters. The van der Waals surface area contributed by atoms with E-state index in [0.717, 1.165) is 12.5 Å². The van der Waals surface area contributed by atoms with Crippen LogP contribution in [0.25, 0.3) is 0 Å². The summed E-state index contributed by atoms with van der Waals surface area (Å²) in [7, 11) is -1.89. The second kappa shape index (κ2) is 9.87. The highest BCUT2D eigenvalue weighted by Crippen LogP contribution is 2.40. The number of rotatable bonds is 9. The summed E-state index contributed by atoms with van der Waals surface area (Å²) in [6.45, 7) is 7.59. The van der Waals surface area contributed by atoms with Crippen LogP contribution in [-0.2, 0) is 32.7 Å². The molecule has 0 saturated carbocycles. The first-order valence-electron chi connectivity index (χ1n) is 9.94. The molecule has 0 fully saturated rings. The average Bonchev–Trinajstić information content (AvgIpc) is 2.72. The third-order valence-electron chi connectivity index (χ3n) is 4.67. The molecule has 8 heteroatoms. The van der Waals surface area contributed by atoms with E-state index in [-0.39, 0.29) is 18.8 Å². The molecule has 170 valence electrons. The average molecular weight is 454 g/mol. The topological polar surface area (TPSA) is 64.6 Å². The normalized spacial score (nSPS) is 15.1. The summed E-state index contributed by atoms with van der Waals surface area (Å²) in [5.74, 6) is -5.34. The molecule has 0 radical (unpaired) electrons. The Balaban J connectivity index is 2.43. The molecule has 0 aliphatic carbocycles. The minimum Gasteiger partial charge on any atom is -0.489 e. The van der Waals surface area contributed by atoms with Gasteiger partial charge in [-0.25, -0.2) is 13.7 Å². The lowest BCUT2D eigenvalue weighted by Crippen LogP contribution is -2.60. The van der Waals surface area contributed by atoms with Gasteiger partial charge >= 0.3 is 11.9 Å². The van der Waals surface area contributed by atoms with Crippen LogP contribution in [0.2, 0.25) is 0 Å². The molecule has 2 aromatic carbocycles. The number of carbonyl (C=O) groups excluding carboxylic acids is 1.